The molecule has 172 valence electrons. The van der Waals surface area contributed by atoms with Crippen molar-refractivity contribution in [2.45, 2.75) is 46.2 Å². The number of aromatic amines is 1. The van der Waals surface area contributed by atoms with Crippen LogP contribution in [-0.2, 0) is 13.0 Å². The number of hydrogen-bond donors (Lipinski definition) is 4. The summed E-state index contributed by atoms with van der Waals surface area (Å²) in [6.45, 7) is 7.59. The van der Waals surface area contributed by atoms with Gasteiger partial charge < -0.3 is 20.9 Å². The first kappa shape index (κ1) is 25.7. The van der Waals surface area contributed by atoms with Gasteiger partial charge in [0.05, 0.1) is 0 Å². The van der Waals surface area contributed by atoms with E-state index in [9.17, 15) is 4.79 Å². The molecule has 0 aliphatic carbocycles. The van der Waals surface area contributed by atoms with Gasteiger partial charge in [0.25, 0.3) is 5.91 Å². The van der Waals surface area contributed by atoms with E-state index in [1.165, 1.54) is 22.0 Å². The van der Waals surface area contributed by atoms with Crippen LogP contribution in [0.4, 0.5) is 0 Å². The van der Waals surface area contributed by atoms with Crippen molar-refractivity contribution < 1.29 is 4.79 Å². The molecular weight excluding hydrogens is 513 g/mol. The van der Waals surface area contributed by atoms with Crippen molar-refractivity contribution in [2.24, 2.45) is 4.99 Å². The number of H-pyrrole nitrogens is 1. The van der Waals surface area contributed by atoms with E-state index >= 15 is 0 Å². The van der Waals surface area contributed by atoms with Crippen LogP contribution >= 0.6 is 24.0 Å². The molecule has 6 nitrogen and oxygen atoms in total. The van der Waals surface area contributed by atoms with Gasteiger partial charge in [0.15, 0.2) is 5.96 Å². The molecular formula is C25H34IN5O. The fourth-order valence-electron chi connectivity index (χ4n) is 3.41. The molecule has 1 heterocycles. The number of nitrogens with zero attached hydrogens (tertiary/aromatic N) is 1. The van der Waals surface area contributed by atoms with Crippen molar-refractivity contribution >= 4 is 46.7 Å². The number of fused-ring (bicyclic) bond motifs is 1. The highest BCUT2D eigenvalue weighted by molar-refractivity contribution is 14.0. The summed E-state index contributed by atoms with van der Waals surface area (Å²) in [6, 6.07) is 14.3. The second-order valence-corrected chi connectivity index (χ2v) is 7.95. The van der Waals surface area contributed by atoms with Crippen LogP contribution in [0.5, 0.6) is 0 Å². The SMILES string of the molecule is CCC(C)NC(=O)c1ccc(CNC(=NC)NCCc2c[nH]c3cc(C)ccc23)cc1.I. The molecule has 4 N–H and O–H groups in total. The lowest BCUT2D eigenvalue weighted by atomic mass is 10.1. The third-order valence-corrected chi connectivity index (χ3v) is 5.50. The minimum absolute atomic E-state index is 0. The minimum atomic E-state index is -0.0289. The Bertz CT molecular complexity index is 1040. The maximum atomic E-state index is 12.2. The summed E-state index contributed by atoms with van der Waals surface area (Å²) < 4.78 is 0. The van der Waals surface area contributed by atoms with E-state index in [4.69, 9.17) is 0 Å². The second kappa shape index (κ2) is 12.5. The van der Waals surface area contributed by atoms with Gasteiger partial charge in [-0.3, -0.25) is 9.79 Å². The quantitative estimate of drug-likeness (QED) is 0.190. The van der Waals surface area contributed by atoms with E-state index in [1.54, 1.807) is 7.05 Å². The zero-order valence-electron chi connectivity index (χ0n) is 19.3. The molecule has 1 atom stereocenters. The maximum Gasteiger partial charge on any atom is 0.251 e. The average Bonchev–Trinajstić information content (AvgIpc) is 3.18. The van der Waals surface area contributed by atoms with Crippen LogP contribution in [0.1, 0.15) is 47.3 Å². The molecule has 1 aromatic heterocycles. The van der Waals surface area contributed by atoms with Crippen LogP contribution in [0.3, 0.4) is 0 Å². The predicted molar refractivity (Wildman–Crippen MR) is 144 cm³/mol. The van der Waals surface area contributed by atoms with Crippen LogP contribution in [-0.4, -0.2) is 36.5 Å². The van der Waals surface area contributed by atoms with Crippen molar-refractivity contribution in [3.8, 4) is 0 Å². The van der Waals surface area contributed by atoms with Crippen LogP contribution in [0.15, 0.2) is 53.7 Å². The molecule has 0 spiro atoms. The number of nitrogens with one attached hydrogen (secondary N) is 4. The summed E-state index contributed by atoms with van der Waals surface area (Å²) in [7, 11) is 1.77. The molecule has 3 rings (SSSR count). The molecule has 1 amide bonds. The maximum absolute atomic E-state index is 12.2. The molecule has 0 saturated carbocycles. The Morgan fingerprint density at radius 1 is 1.12 bits per heavy atom. The number of halogens is 1. The lowest BCUT2D eigenvalue weighted by molar-refractivity contribution is 0.0939. The van der Waals surface area contributed by atoms with Gasteiger partial charge in [0.2, 0.25) is 0 Å². The molecule has 3 aromatic rings. The molecule has 2 aromatic carbocycles. The summed E-state index contributed by atoms with van der Waals surface area (Å²) in [5, 5.41) is 11.0. The van der Waals surface area contributed by atoms with Gasteiger partial charge in [-0.2, -0.15) is 0 Å². The number of guanidine groups is 1. The van der Waals surface area contributed by atoms with Crippen molar-refractivity contribution in [1.29, 1.82) is 0 Å². The Morgan fingerprint density at radius 2 is 1.88 bits per heavy atom. The number of aliphatic imine (C=N–C) groups is 1. The van der Waals surface area contributed by atoms with E-state index in [-0.39, 0.29) is 35.9 Å². The Labute approximate surface area is 207 Å². The molecule has 0 aliphatic rings. The van der Waals surface area contributed by atoms with Crippen LogP contribution in [0.2, 0.25) is 0 Å². The molecule has 32 heavy (non-hydrogen) atoms. The number of rotatable bonds is 8. The monoisotopic (exact) mass is 547 g/mol. The van der Waals surface area contributed by atoms with Gasteiger partial charge in [-0.15, -0.1) is 24.0 Å². The van der Waals surface area contributed by atoms with Crippen molar-refractivity contribution in [2.75, 3.05) is 13.6 Å². The molecule has 7 heteroatoms. The highest BCUT2D eigenvalue weighted by Crippen LogP contribution is 2.19. The van der Waals surface area contributed by atoms with E-state index in [0.717, 1.165) is 30.9 Å². The minimum Gasteiger partial charge on any atom is -0.361 e. The van der Waals surface area contributed by atoms with Gasteiger partial charge in [-0.25, -0.2) is 0 Å². The average molecular weight is 547 g/mol. The van der Waals surface area contributed by atoms with Gasteiger partial charge in [-0.05, 0) is 61.6 Å². The summed E-state index contributed by atoms with van der Waals surface area (Å²) in [5.74, 6) is 0.730. The van der Waals surface area contributed by atoms with E-state index in [2.05, 4.69) is 64.2 Å². The largest absolute Gasteiger partial charge is 0.361 e. The van der Waals surface area contributed by atoms with Gasteiger partial charge in [0, 0.05) is 48.8 Å². The molecule has 0 aliphatic heterocycles. The van der Waals surface area contributed by atoms with Crippen LogP contribution in [0, 0.1) is 6.92 Å². The summed E-state index contributed by atoms with van der Waals surface area (Å²) in [6.07, 6.45) is 3.91. The second-order valence-electron chi connectivity index (χ2n) is 7.95. The zero-order chi connectivity index (χ0) is 22.2. The number of benzene rings is 2. The Hall–Kier alpha value is -2.55. The first-order chi connectivity index (χ1) is 15.0. The van der Waals surface area contributed by atoms with Gasteiger partial charge in [0.1, 0.15) is 0 Å². The van der Waals surface area contributed by atoms with E-state index in [0.29, 0.717) is 12.1 Å². The zero-order valence-corrected chi connectivity index (χ0v) is 21.6. The van der Waals surface area contributed by atoms with Crippen molar-refractivity contribution in [3.05, 3.63) is 70.9 Å². The molecule has 0 radical (unpaired) electrons. The normalized spacial score (nSPS) is 12.2. The third-order valence-electron chi connectivity index (χ3n) is 5.50. The lowest BCUT2D eigenvalue weighted by Crippen LogP contribution is -2.37. The third kappa shape index (κ3) is 6.98. The number of amides is 1. The number of hydrogen-bond acceptors (Lipinski definition) is 2. The molecule has 0 bridgehead atoms. The number of carbonyl (C=O) groups is 1. The van der Waals surface area contributed by atoms with Gasteiger partial charge in [-0.1, -0.05) is 31.2 Å². The van der Waals surface area contributed by atoms with Crippen molar-refractivity contribution in [3.63, 3.8) is 0 Å². The van der Waals surface area contributed by atoms with Gasteiger partial charge >= 0.3 is 0 Å². The Kier molecular flexibility index (Phi) is 10.0. The topological polar surface area (TPSA) is 81.3 Å². The number of carbonyl (C=O) groups excluding carboxylic acids is 1. The number of aromatic nitrogens is 1. The summed E-state index contributed by atoms with van der Waals surface area (Å²) in [4.78, 5) is 19.9. The summed E-state index contributed by atoms with van der Waals surface area (Å²) in [5.41, 5.74) is 5.51. The number of aryl methyl sites for hydroxylation is 1. The molecule has 0 fully saturated rings. The fourth-order valence-corrected chi connectivity index (χ4v) is 3.41. The smallest absolute Gasteiger partial charge is 0.251 e. The standard InChI is InChI=1S/C25H33N5O.HI/c1-5-18(3)30-24(31)20-9-7-19(8-10-20)15-29-25(26-4)27-13-12-21-16-28-23-14-17(2)6-11-22(21)23;/h6-11,14,16,18,28H,5,12-13,15H2,1-4H3,(H,30,31)(H2,26,27,29);1H. The first-order valence-electron chi connectivity index (χ1n) is 10.9. The molecule has 0 saturated heterocycles. The van der Waals surface area contributed by atoms with Crippen molar-refractivity contribution in [1.82, 2.24) is 20.9 Å². The van der Waals surface area contributed by atoms with E-state index in [1.807, 2.05) is 31.2 Å². The first-order valence-corrected chi connectivity index (χ1v) is 10.9. The Morgan fingerprint density at radius 3 is 2.56 bits per heavy atom. The predicted octanol–water partition coefficient (Wildman–Crippen LogP) is 4.53. The van der Waals surface area contributed by atoms with Crippen LogP contribution < -0.4 is 16.0 Å². The summed E-state index contributed by atoms with van der Waals surface area (Å²) >= 11 is 0. The Balaban J connectivity index is 0.00000363. The molecule has 1 unspecified atom stereocenters. The highest BCUT2D eigenvalue weighted by Gasteiger charge is 2.08. The van der Waals surface area contributed by atoms with Crippen LogP contribution in [0.25, 0.3) is 10.9 Å². The fraction of sp³-hybridized carbons (Fsp3) is 0.360. The van der Waals surface area contributed by atoms with E-state index < -0.39 is 0 Å². The highest BCUT2D eigenvalue weighted by atomic mass is 127. The lowest BCUT2D eigenvalue weighted by Gasteiger charge is -2.13.